The third-order valence-electron chi connectivity index (χ3n) is 3.75. The Bertz CT molecular complexity index is 421. The summed E-state index contributed by atoms with van der Waals surface area (Å²) in [5.41, 5.74) is 7.32. The highest BCUT2D eigenvalue weighted by Crippen LogP contribution is 2.45. The predicted octanol–water partition coefficient (Wildman–Crippen LogP) is 2.93. The molecule has 108 valence electrons. The Morgan fingerprint density at radius 1 is 1.05 bits per heavy atom. The van der Waals surface area contributed by atoms with Crippen LogP contribution in [0, 0.1) is 5.92 Å². The number of rotatable bonds is 5. The molecule has 1 aliphatic rings. The van der Waals surface area contributed by atoms with Crippen molar-refractivity contribution >= 4 is 12.4 Å². The smallest absolute Gasteiger partial charge is 0.203 e. The summed E-state index contributed by atoms with van der Waals surface area (Å²) >= 11 is 0. The average molecular weight is 288 g/mol. The zero-order valence-electron chi connectivity index (χ0n) is 11.6. The van der Waals surface area contributed by atoms with Crippen LogP contribution >= 0.6 is 12.4 Å². The van der Waals surface area contributed by atoms with Crippen LogP contribution < -0.4 is 19.9 Å². The van der Waals surface area contributed by atoms with Crippen molar-refractivity contribution in [2.24, 2.45) is 11.7 Å². The quantitative estimate of drug-likeness (QED) is 0.905. The molecule has 0 amide bonds. The van der Waals surface area contributed by atoms with Crippen LogP contribution in [0.3, 0.4) is 0 Å². The minimum absolute atomic E-state index is 0. The molecule has 0 aliphatic heterocycles. The largest absolute Gasteiger partial charge is 0.493 e. The fraction of sp³-hybridized carbons (Fsp3) is 0.571. The SMILES string of the molecule is COc1ccc([C@H](N)C2CCC2)c(OC)c1OC.Cl. The molecule has 1 aliphatic carbocycles. The summed E-state index contributed by atoms with van der Waals surface area (Å²) in [4.78, 5) is 0. The van der Waals surface area contributed by atoms with Crippen LogP contribution in [-0.4, -0.2) is 21.3 Å². The second kappa shape index (κ2) is 6.87. The second-order valence-corrected chi connectivity index (χ2v) is 4.64. The van der Waals surface area contributed by atoms with Crippen LogP contribution in [0.25, 0.3) is 0 Å². The molecule has 0 bridgehead atoms. The highest BCUT2D eigenvalue weighted by atomic mass is 35.5. The van der Waals surface area contributed by atoms with Crippen LogP contribution in [-0.2, 0) is 0 Å². The van der Waals surface area contributed by atoms with Gasteiger partial charge in [-0.3, -0.25) is 0 Å². The van der Waals surface area contributed by atoms with E-state index in [1.807, 2.05) is 12.1 Å². The first-order chi connectivity index (χ1) is 8.72. The maximum Gasteiger partial charge on any atom is 0.203 e. The van der Waals surface area contributed by atoms with Crippen molar-refractivity contribution in [1.29, 1.82) is 0 Å². The van der Waals surface area contributed by atoms with Gasteiger partial charge in [-0.25, -0.2) is 0 Å². The summed E-state index contributed by atoms with van der Waals surface area (Å²) in [7, 11) is 4.86. The zero-order chi connectivity index (χ0) is 13.1. The van der Waals surface area contributed by atoms with E-state index in [2.05, 4.69) is 0 Å². The summed E-state index contributed by atoms with van der Waals surface area (Å²) in [5, 5.41) is 0. The highest BCUT2D eigenvalue weighted by molar-refractivity contribution is 5.85. The molecule has 1 atom stereocenters. The molecule has 0 heterocycles. The molecule has 0 aromatic heterocycles. The normalized spacial score (nSPS) is 16.0. The molecule has 2 N–H and O–H groups in total. The minimum Gasteiger partial charge on any atom is -0.493 e. The van der Waals surface area contributed by atoms with Gasteiger partial charge in [-0.1, -0.05) is 6.42 Å². The van der Waals surface area contributed by atoms with E-state index in [1.54, 1.807) is 21.3 Å². The molecule has 4 nitrogen and oxygen atoms in total. The zero-order valence-corrected chi connectivity index (χ0v) is 12.5. The van der Waals surface area contributed by atoms with Gasteiger partial charge in [0.25, 0.3) is 0 Å². The number of ether oxygens (including phenoxy) is 3. The highest BCUT2D eigenvalue weighted by Gasteiger charge is 2.29. The lowest BCUT2D eigenvalue weighted by Crippen LogP contribution is -2.27. The fourth-order valence-electron chi connectivity index (χ4n) is 2.44. The first-order valence-electron chi connectivity index (χ1n) is 6.27. The number of halogens is 1. The van der Waals surface area contributed by atoms with Gasteiger partial charge in [0.15, 0.2) is 11.5 Å². The molecule has 0 unspecified atom stereocenters. The second-order valence-electron chi connectivity index (χ2n) is 4.64. The lowest BCUT2D eigenvalue weighted by molar-refractivity contribution is 0.256. The van der Waals surface area contributed by atoms with Crippen LogP contribution in [0.5, 0.6) is 17.2 Å². The first-order valence-corrected chi connectivity index (χ1v) is 6.27. The van der Waals surface area contributed by atoms with Crippen molar-refractivity contribution in [2.45, 2.75) is 25.3 Å². The predicted molar refractivity (Wildman–Crippen MR) is 77.6 cm³/mol. The average Bonchev–Trinajstić information content (AvgIpc) is 2.34. The van der Waals surface area contributed by atoms with Gasteiger partial charge in [0, 0.05) is 11.6 Å². The molecule has 1 saturated carbocycles. The maximum atomic E-state index is 6.32. The number of hydrogen-bond donors (Lipinski definition) is 1. The number of nitrogens with two attached hydrogens (primary N) is 1. The van der Waals surface area contributed by atoms with Crippen LogP contribution in [0.2, 0.25) is 0 Å². The Balaban J connectivity index is 0.00000180. The van der Waals surface area contributed by atoms with Gasteiger partial charge in [-0.2, -0.15) is 0 Å². The Morgan fingerprint density at radius 3 is 2.11 bits per heavy atom. The third-order valence-corrected chi connectivity index (χ3v) is 3.75. The van der Waals surface area contributed by atoms with Crippen molar-refractivity contribution < 1.29 is 14.2 Å². The van der Waals surface area contributed by atoms with Crippen molar-refractivity contribution in [3.05, 3.63) is 17.7 Å². The molecule has 0 saturated heterocycles. The maximum absolute atomic E-state index is 6.32. The van der Waals surface area contributed by atoms with Gasteiger partial charge in [0.1, 0.15) is 0 Å². The molecule has 0 radical (unpaired) electrons. The van der Waals surface area contributed by atoms with E-state index in [-0.39, 0.29) is 18.4 Å². The number of hydrogen-bond acceptors (Lipinski definition) is 4. The molecule has 1 fully saturated rings. The van der Waals surface area contributed by atoms with Gasteiger partial charge in [0.05, 0.1) is 21.3 Å². The molecule has 1 aromatic carbocycles. The monoisotopic (exact) mass is 287 g/mol. The third kappa shape index (κ3) is 2.90. The summed E-state index contributed by atoms with van der Waals surface area (Å²) in [6.45, 7) is 0. The van der Waals surface area contributed by atoms with E-state index < -0.39 is 0 Å². The van der Waals surface area contributed by atoms with E-state index >= 15 is 0 Å². The molecule has 5 heteroatoms. The van der Waals surface area contributed by atoms with E-state index in [1.165, 1.54) is 19.3 Å². The van der Waals surface area contributed by atoms with Crippen LogP contribution in [0.1, 0.15) is 30.9 Å². The lowest BCUT2D eigenvalue weighted by atomic mass is 9.77. The Kier molecular flexibility index (Phi) is 5.76. The molecule has 0 spiro atoms. The molecular formula is C14H22ClNO3. The summed E-state index contributed by atoms with van der Waals surface area (Å²) in [6.07, 6.45) is 3.66. The first kappa shape index (κ1) is 15.9. The topological polar surface area (TPSA) is 53.7 Å². The van der Waals surface area contributed by atoms with Gasteiger partial charge >= 0.3 is 0 Å². The molecule has 19 heavy (non-hydrogen) atoms. The van der Waals surface area contributed by atoms with Gasteiger partial charge < -0.3 is 19.9 Å². The Morgan fingerprint density at radius 2 is 1.68 bits per heavy atom. The number of benzene rings is 1. The van der Waals surface area contributed by atoms with Gasteiger partial charge in [-0.05, 0) is 30.9 Å². The van der Waals surface area contributed by atoms with Gasteiger partial charge in [0.2, 0.25) is 5.75 Å². The summed E-state index contributed by atoms with van der Waals surface area (Å²) in [6, 6.07) is 3.87. The summed E-state index contributed by atoms with van der Waals surface area (Å²) in [5.74, 6) is 2.53. The Hall–Kier alpha value is -1.13. The summed E-state index contributed by atoms with van der Waals surface area (Å²) < 4.78 is 16.1. The van der Waals surface area contributed by atoms with Crippen molar-refractivity contribution in [3.8, 4) is 17.2 Å². The van der Waals surface area contributed by atoms with Crippen LogP contribution in [0.15, 0.2) is 12.1 Å². The number of methoxy groups -OCH3 is 3. The van der Waals surface area contributed by atoms with E-state index in [9.17, 15) is 0 Å². The minimum atomic E-state index is 0. The van der Waals surface area contributed by atoms with Crippen molar-refractivity contribution in [1.82, 2.24) is 0 Å². The molecular weight excluding hydrogens is 266 g/mol. The Labute approximate surface area is 120 Å². The molecule has 1 aromatic rings. The van der Waals surface area contributed by atoms with Crippen molar-refractivity contribution in [2.75, 3.05) is 21.3 Å². The fourth-order valence-corrected chi connectivity index (χ4v) is 2.44. The van der Waals surface area contributed by atoms with E-state index in [0.717, 1.165) is 5.56 Å². The lowest BCUT2D eigenvalue weighted by Gasteiger charge is -2.32. The standard InChI is InChI=1S/C14H21NO3.ClH/c1-16-11-8-7-10(12(15)9-5-4-6-9)13(17-2)14(11)18-3;/h7-9,12H,4-6,15H2,1-3H3;1H/t12-;/m1./s1. The van der Waals surface area contributed by atoms with E-state index in [0.29, 0.717) is 23.2 Å². The molecule has 2 rings (SSSR count). The van der Waals surface area contributed by atoms with Gasteiger partial charge in [-0.15, -0.1) is 12.4 Å². The van der Waals surface area contributed by atoms with E-state index in [4.69, 9.17) is 19.9 Å². The van der Waals surface area contributed by atoms with Crippen molar-refractivity contribution in [3.63, 3.8) is 0 Å². The van der Waals surface area contributed by atoms with Crippen LogP contribution in [0.4, 0.5) is 0 Å².